The van der Waals surface area contributed by atoms with Crippen molar-refractivity contribution in [1.82, 2.24) is 15.1 Å². The summed E-state index contributed by atoms with van der Waals surface area (Å²) in [6.07, 6.45) is 0.283. The topological polar surface area (TPSA) is 46.9 Å². The van der Waals surface area contributed by atoms with Gasteiger partial charge in [0.25, 0.3) is 0 Å². The van der Waals surface area contributed by atoms with E-state index in [9.17, 15) is 9.18 Å². The first-order valence-corrected chi connectivity index (χ1v) is 6.92. The van der Waals surface area contributed by atoms with Crippen molar-refractivity contribution in [3.05, 3.63) is 52.6 Å². The van der Waals surface area contributed by atoms with E-state index in [0.717, 1.165) is 22.5 Å². The zero-order valence-corrected chi connectivity index (χ0v) is 12.8. The van der Waals surface area contributed by atoms with Gasteiger partial charge in [-0.25, -0.2) is 4.39 Å². The number of nitrogens with zero attached hydrogens (tertiary/aromatic N) is 2. The second kappa shape index (κ2) is 6.08. The molecule has 5 heteroatoms. The molecular formula is C16H20FN3O. The third kappa shape index (κ3) is 3.48. The van der Waals surface area contributed by atoms with Crippen molar-refractivity contribution in [3.8, 4) is 0 Å². The van der Waals surface area contributed by atoms with Gasteiger partial charge in [-0.05, 0) is 38.5 Å². The smallest absolute Gasteiger partial charge is 0.225 e. The molecule has 0 saturated carbocycles. The molecule has 2 rings (SSSR count). The minimum Gasteiger partial charge on any atom is -0.349 e. The van der Waals surface area contributed by atoms with Crippen molar-refractivity contribution in [3.63, 3.8) is 0 Å². The highest BCUT2D eigenvalue weighted by Gasteiger charge is 2.15. The van der Waals surface area contributed by atoms with Gasteiger partial charge in [0.1, 0.15) is 5.82 Å². The van der Waals surface area contributed by atoms with Crippen LogP contribution in [0.15, 0.2) is 24.3 Å². The fourth-order valence-electron chi connectivity index (χ4n) is 2.39. The third-order valence-electron chi connectivity index (χ3n) is 3.72. The van der Waals surface area contributed by atoms with Gasteiger partial charge in [0.2, 0.25) is 5.91 Å². The van der Waals surface area contributed by atoms with Crippen LogP contribution in [0.1, 0.15) is 35.5 Å². The van der Waals surface area contributed by atoms with Crippen LogP contribution in [0.3, 0.4) is 0 Å². The van der Waals surface area contributed by atoms with E-state index in [2.05, 4.69) is 10.4 Å². The predicted octanol–water partition coefficient (Wildman–Crippen LogP) is 2.60. The van der Waals surface area contributed by atoms with Crippen LogP contribution < -0.4 is 5.32 Å². The van der Waals surface area contributed by atoms with E-state index in [1.165, 1.54) is 12.1 Å². The van der Waals surface area contributed by atoms with Gasteiger partial charge in [0.15, 0.2) is 0 Å². The molecule has 0 aliphatic carbocycles. The molecule has 1 amide bonds. The molecule has 1 aromatic heterocycles. The molecule has 1 aromatic carbocycles. The monoisotopic (exact) mass is 289 g/mol. The first kappa shape index (κ1) is 15.2. The summed E-state index contributed by atoms with van der Waals surface area (Å²) in [7, 11) is 1.86. The number of halogens is 1. The minimum absolute atomic E-state index is 0.0917. The summed E-state index contributed by atoms with van der Waals surface area (Å²) < 4.78 is 15.0. The van der Waals surface area contributed by atoms with Gasteiger partial charge in [-0.3, -0.25) is 9.48 Å². The van der Waals surface area contributed by atoms with E-state index in [1.807, 2.05) is 27.8 Å². The van der Waals surface area contributed by atoms with E-state index >= 15 is 0 Å². The summed E-state index contributed by atoms with van der Waals surface area (Å²) in [5.41, 5.74) is 3.55. The highest BCUT2D eigenvalue weighted by Crippen LogP contribution is 2.16. The Morgan fingerprint density at radius 1 is 1.43 bits per heavy atom. The SMILES string of the molecule is Cc1nn(C)c(C)c1CC(=O)NC(C)c1cccc(F)c1. The number of carbonyl (C=O) groups is 1. The lowest BCUT2D eigenvalue weighted by atomic mass is 10.1. The van der Waals surface area contributed by atoms with E-state index in [1.54, 1.807) is 16.8 Å². The zero-order valence-electron chi connectivity index (χ0n) is 12.8. The van der Waals surface area contributed by atoms with Gasteiger partial charge in [0, 0.05) is 18.3 Å². The number of rotatable bonds is 4. The largest absolute Gasteiger partial charge is 0.349 e. The van der Waals surface area contributed by atoms with Crippen LogP contribution in [-0.2, 0) is 18.3 Å². The number of aryl methyl sites for hydroxylation is 2. The lowest BCUT2D eigenvalue weighted by molar-refractivity contribution is -0.121. The third-order valence-corrected chi connectivity index (χ3v) is 3.72. The molecule has 21 heavy (non-hydrogen) atoms. The van der Waals surface area contributed by atoms with Crippen molar-refractivity contribution >= 4 is 5.91 Å². The number of benzene rings is 1. The van der Waals surface area contributed by atoms with Crippen LogP contribution in [0.2, 0.25) is 0 Å². The van der Waals surface area contributed by atoms with Crippen LogP contribution in [0, 0.1) is 19.7 Å². The molecule has 0 saturated heterocycles. The van der Waals surface area contributed by atoms with Crippen molar-refractivity contribution in [2.75, 3.05) is 0 Å². The van der Waals surface area contributed by atoms with Gasteiger partial charge in [-0.2, -0.15) is 5.10 Å². The molecule has 0 bridgehead atoms. The molecule has 1 heterocycles. The molecule has 0 spiro atoms. The summed E-state index contributed by atoms with van der Waals surface area (Å²) >= 11 is 0. The highest BCUT2D eigenvalue weighted by molar-refractivity contribution is 5.79. The Kier molecular flexibility index (Phi) is 4.40. The second-order valence-corrected chi connectivity index (χ2v) is 5.29. The summed E-state index contributed by atoms with van der Waals surface area (Å²) in [6.45, 7) is 5.68. The Morgan fingerprint density at radius 2 is 2.14 bits per heavy atom. The molecule has 0 aliphatic rings. The van der Waals surface area contributed by atoms with Crippen LogP contribution in [0.4, 0.5) is 4.39 Å². The van der Waals surface area contributed by atoms with Gasteiger partial charge < -0.3 is 5.32 Å². The molecule has 0 aliphatic heterocycles. The fourth-order valence-corrected chi connectivity index (χ4v) is 2.39. The second-order valence-electron chi connectivity index (χ2n) is 5.29. The Bertz CT molecular complexity index is 664. The zero-order chi connectivity index (χ0) is 15.6. The Hall–Kier alpha value is -2.17. The lowest BCUT2D eigenvalue weighted by Crippen LogP contribution is -2.28. The number of nitrogens with one attached hydrogen (secondary N) is 1. The Balaban J connectivity index is 2.05. The first-order chi connectivity index (χ1) is 9.88. The summed E-state index contributed by atoms with van der Waals surface area (Å²) in [5, 5.41) is 7.19. The van der Waals surface area contributed by atoms with E-state index in [-0.39, 0.29) is 24.2 Å². The van der Waals surface area contributed by atoms with Crippen LogP contribution in [0.5, 0.6) is 0 Å². The van der Waals surface area contributed by atoms with Crippen molar-refractivity contribution in [2.45, 2.75) is 33.2 Å². The number of aromatic nitrogens is 2. The molecule has 1 unspecified atom stereocenters. The first-order valence-electron chi connectivity index (χ1n) is 6.92. The molecular weight excluding hydrogens is 269 g/mol. The number of amides is 1. The van der Waals surface area contributed by atoms with Crippen molar-refractivity contribution in [1.29, 1.82) is 0 Å². The van der Waals surface area contributed by atoms with Gasteiger partial charge in [-0.15, -0.1) is 0 Å². The molecule has 4 nitrogen and oxygen atoms in total. The summed E-state index contributed by atoms with van der Waals surface area (Å²) in [5.74, 6) is -0.390. The van der Waals surface area contributed by atoms with E-state index in [4.69, 9.17) is 0 Å². The Labute approximate surface area is 124 Å². The molecule has 0 fully saturated rings. The van der Waals surface area contributed by atoms with Crippen molar-refractivity contribution < 1.29 is 9.18 Å². The molecule has 112 valence electrons. The average molecular weight is 289 g/mol. The van der Waals surface area contributed by atoms with Crippen LogP contribution in [-0.4, -0.2) is 15.7 Å². The lowest BCUT2D eigenvalue weighted by Gasteiger charge is -2.14. The average Bonchev–Trinajstić information content (AvgIpc) is 2.65. The van der Waals surface area contributed by atoms with E-state index in [0.29, 0.717) is 0 Å². The molecule has 1 atom stereocenters. The van der Waals surface area contributed by atoms with Gasteiger partial charge in [-0.1, -0.05) is 12.1 Å². The highest BCUT2D eigenvalue weighted by atomic mass is 19.1. The quantitative estimate of drug-likeness (QED) is 0.940. The predicted molar refractivity (Wildman–Crippen MR) is 79.3 cm³/mol. The molecule has 1 N–H and O–H groups in total. The number of carbonyl (C=O) groups excluding carboxylic acids is 1. The fraction of sp³-hybridized carbons (Fsp3) is 0.375. The van der Waals surface area contributed by atoms with E-state index < -0.39 is 0 Å². The molecule has 0 radical (unpaired) electrons. The number of hydrogen-bond donors (Lipinski definition) is 1. The molecule has 2 aromatic rings. The number of hydrogen-bond acceptors (Lipinski definition) is 2. The van der Waals surface area contributed by atoms with Crippen molar-refractivity contribution in [2.24, 2.45) is 7.05 Å². The van der Waals surface area contributed by atoms with Crippen LogP contribution in [0.25, 0.3) is 0 Å². The maximum atomic E-state index is 13.2. The maximum Gasteiger partial charge on any atom is 0.225 e. The summed E-state index contributed by atoms with van der Waals surface area (Å²) in [4.78, 5) is 12.2. The maximum absolute atomic E-state index is 13.2. The van der Waals surface area contributed by atoms with Gasteiger partial charge >= 0.3 is 0 Å². The normalized spacial score (nSPS) is 12.2. The Morgan fingerprint density at radius 3 is 2.71 bits per heavy atom. The standard InChI is InChI=1S/C16H20FN3O/c1-10(13-6-5-7-14(17)8-13)18-16(21)9-15-11(2)19-20(4)12(15)3/h5-8,10H,9H2,1-4H3,(H,18,21). The minimum atomic E-state index is -0.299. The van der Waals surface area contributed by atoms with Crippen LogP contribution >= 0.6 is 0 Å². The summed E-state index contributed by atoms with van der Waals surface area (Å²) in [6, 6.07) is 6.04. The van der Waals surface area contributed by atoms with Gasteiger partial charge in [0.05, 0.1) is 18.2 Å².